The maximum absolute atomic E-state index is 10.8. The van der Waals surface area contributed by atoms with Crippen LogP contribution in [0.15, 0.2) is 0 Å². The normalized spacial score (nSPS) is 20.9. The van der Waals surface area contributed by atoms with Crippen LogP contribution in [0, 0.1) is 0 Å². The molecule has 1 saturated carbocycles. The van der Waals surface area contributed by atoms with E-state index in [-0.39, 0.29) is 5.78 Å². The first-order valence-electron chi connectivity index (χ1n) is 4.92. The lowest BCUT2D eigenvalue weighted by atomic mass is 10.0. The third-order valence-corrected chi connectivity index (χ3v) is 2.59. The fourth-order valence-electron chi connectivity index (χ4n) is 2.13. The molecule has 0 aromatic carbocycles. The first-order valence-corrected chi connectivity index (χ1v) is 4.92. The van der Waals surface area contributed by atoms with Crippen molar-refractivity contribution in [3.63, 3.8) is 0 Å². The van der Waals surface area contributed by atoms with Gasteiger partial charge in [0.25, 0.3) is 0 Å². The van der Waals surface area contributed by atoms with Crippen LogP contribution in [-0.2, 0) is 4.79 Å². The second kappa shape index (κ2) is 4.20. The lowest BCUT2D eigenvalue weighted by Crippen LogP contribution is -2.40. The van der Waals surface area contributed by atoms with Crippen molar-refractivity contribution in [1.29, 1.82) is 0 Å². The van der Waals surface area contributed by atoms with E-state index in [4.69, 9.17) is 0 Å². The number of aliphatic hydroxyl groups is 1. The lowest BCUT2D eigenvalue weighted by Gasteiger charge is -2.27. The number of hydrogen-bond donors (Lipinski definition) is 1. The van der Waals surface area contributed by atoms with Gasteiger partial charge in [0.1, 0.15) is 5.78 Å². The van der Waals surface area contributed by atoms with E-state index in [1.165, 1.54) is 0 Å². The second-order valence-corrected chi connectivity index (χ2v) is 4.31. The Hall–Kier alpha value is -0.410. The minimum atomic E-state index is -0.524. The average molecular weight is 185 g/mol. The molecule has 0 aromatic rings. The first kappa shape index (κ1) is 10.7. The van der Waals surface area contributed by atoms with Crippen LogP contribution in [0.25, 0.3) is 0 Å². The molecule has 0 aromatic heterocycles. The van der Waals surface area contributed by atoms with E-state index < -0.39 is 5.60 Å². The van der Waals surface area contributed by atoms with E-state index in [1.807, 2.05) is 11.9 Å². The predicted molar refractivity (Wildman–Crippen MR) is 51.6 cm³/mol. The zero-order chi connectivity index (χ0) is 9.90. The van der Waals surface area contributed by atoms with Gasteiger partial charge in [-0.05, 0) is 26.8 Å². The third kappa shape index (κ3) is 3.44. The zero-order valence-corrected chi connectivity index (χ0v) is 8.55. The first-order chi connectivity index (χ1) is 6.02. The van der Waals surface area contributed by atoms with Crippen LogP contribution in [-0.4, -0.2) is 41.5 Å². The summed E-state index contributed by atoms with van der Waals surface area (Å²) in [5, 5.41) is 10.0. The van der Waals surface area contributed by atoms with E-state index >= 15 is 0 Å². The number of ketones is 1. The van der Waals surface area contributed by atoms with Crippen molar-refractivity contribution in [3.8, 4) is 0 Å². The van der Waals surface area contributed by atoms with Crippen LogP contribution in [0.3, 0.4) is 0 Å². The van der Waals surface area contributed by atoms with Crippen molar-refractivity contribution in [2.75, 3.05) is 20.1 Å². The van der Waals surface area contributed by atoms with Gasteiger partial charge in [-0.15, -0.1) is 0 Å². The van der Waals surface area contributed by atoms with E-state index in [0.717, 1.165) is 25.7 Å². The highest BCUT2D eigenvalue weighted by Crippen LogP contribution is 2.29. The Labute approximate surface area is 79.7 Å². The molecule has 1 N–H and O–H groups in total. The van der Waals surface area contributed by atoms with Gasteiger partial charge in [0, 0.05) is 6.54 Å². The second-order valence-electron chi connectivity index (χ2n) is 4.31. The molecule has 1 aliphatic carbocycles. The molecular weight excluding hydrogens is 166 g/mol. The van der Waals surface area contributed by atoms with Crippen molar-refractivity contribution in [2.45, 2.75) is 38.2 Å². The highest BCUT2D eigenvalue weighted by Gasteiger charge is 2.32. The Kier molecular flexibility index (Phi) is 3.45. The lowest BCUT2D eigenvalue weighted by molar-refractivity contribution is -0.118. The van der Waals surface area contributed by atoms with Gasteiger partial charge in [-0.1, -0.05) is 12.8 Å². The van der Waals surface area contributed by atoms with Crippen LogP contribution in [0.2, 0.25) is 0 Å². The molecule has 1 fully saturated rings. The molecule has 0 bridgehead atoms. The van der Waals surface area contributed by atoms with Gasteiger partial charge in [-0.25, -0.2) is 0 Å². The smallest absolute Gasteiger partial charge is 0.143 e. The molecule has 1 rings (SSSR count). The number of likely N-dealkylation sites (N-methyl/N-ethyl adjacent to an activating group) is 1. The molecule has 0 saturated heterocycles. The van der Waals surface area contributed by atoms with E-state index in [9.17, 15) is 9.90 Å². The summed E-state index contributed by atoms with van der Waals surface area (Å²) < 4.78 is 0. The Morgan fingerprint density at radius 1 is 1.46 bits per heavy atom. The maximum atomic E-state index is 10.8. The number of carbonyl (C=O) groups is 1. The predicted octanol–water partition coefficient (Wildman–Crippen LogP) is 0.812. The van der Waals surface area contributed by atoms with Gasteiger partial charge in [-0.3, -0.25) is 9.69 Å². The topological polar surface area (TPSA) is 40.5 Å². The van der Waals surface area contributed by atoms with Crippen LogP contribution >= 0.6 is 0 Å². The quantitative estimate of drug-likeness (QED) is 0.704. The van der Waals surface area contributed by atoms with Gasteiger partial charge < -0.3 is 5.11 Å². The van der Waals surface area contributed by atoms with Crippen molar-refractivity contribution in [2.24, 2.45) is 0 Å². The Bertz CT molecular complexity index is 185. The largest absolute Gasteiger partial charge is 0.389 e. The summed E-state index contributed by atoms with van der Waals surface area (Å²) in [6.45, 7) is 2.66. The van der Waals surface area contributed by atoms with E-state index in [0.29, 0.717) is 13.1 Å². The Balaban J connectivity index is 2.33. The molecular formula is C10H19NO2. The average Bonchev–Trinajstić information content (AvgIpc) is 2.33. The summed E-state index contributed by atoms with van der Waals surface area (Å²) >= 11 is 0. The summed E-state index contributed by atoms with van der Waals surface area (Å²) in [6, 6.07) is 0. The van der Waals surface area contributed by atoms with E-state index in [1.54, 1.807) is 6.92 Å². The third-order valence-electron chi connectivity index (χ3n) is 2.59. The van der Waals surface area contributed by atoms with Crippen molar-refractivity contribution in [3.05, 3.63) is 0 Å². The van der Waals surface area contributed by atoms with Crippen molar-refractivity contribution >= 4 is 5.78 Å². The maximum Gasteiger partial charge on any atom is 0.143 e. The minimum Gasteiger partial charge on any atom is -0.389 e. The fraction of sp³-hybridized carbons (Fsp3) is 0.900. The van der Waals surface area contributed by atoms with Crippen molar-refractivity contribution in [1.82, 2.24) is 4.90 Å². The number of Topliss-reactive ketones (excluding diaryl/α,β-unsaturated/α-hetero) is 1. The molecule has 3 nitrogen and oxygen atoms in total. The van der Waals surface area contributed by atoms with Crippen LogP contribution in [0.4, 0.5) is 0 Å². The van der Waals surface area contributed by atoms with Crippen LogP contribution in [0.1, 0.15) is 32.6 Å². The minimum absolute atomic E-state index is 0.157. The summed E-state index contributed by atoms with van der Waals surface area (Å²) in [4.78, 5) is 12.7. The SMILES string of the molecule is CC(=O)CN(C)CC1(O)CCCC1. The van der Waals surface area contributed by atoms with Crippen LogP contribution in [0.5, 0.6) is 0 Å². The summed E-state index contributed by atoms with van der Waals surface area (Å²) in [5.74, 6) is 0.157. The number of rotatable bonds is 4. The van der Waals surface area contributed by atoms with Gasteiger partial charge in [0.05, 0.1) is 12.1 Å². The number of nitrogens with zero attached hydrogens (tertiary/aromatic N) is 1. The van der Waals surface area contributed by atoms with Crippen LogP contribution < -0.4 is 0 Å². The van der Waals surface area contributed by atoms with Gasteiger partial charge in [0.2, 0.25) is 0 Å². The molecule has 13 heavy (non-hydrogen) atoms. The molecule has 3 heteroatoms. The molecule has 0 amide bonds. The molecule has 1 aliphatic rings. The molecule has 0 spiro atoms. The fourth-order valence-corrected chi connectivity index (χ4v) is 2.13. The van der Waals surface area contributed by atoms with E-state index in [2.05, 4.69) is 0 Å². The van der Waals surface area contributed by atoms with Gasteiger partial charge in [0.15, 0.2) is 0 Å². The van der Waals surface area contributed by atoms with Crippen molar-refractivity contribution < 1.29 is 9.90 Å². The molecule has 0 unspecified atom stereocenters. The Morgan fingerprint density at radius 2 is 2.00 bits per heavy atom. The van der Waals surface area contributed by atoms with Gasteiger partial charge in [-0.2, -0.15) is 0 Å². The highest BCUT2D eigenvalue weighted by atomic mass is 16.3. The summed E-state index contributed by atoms with van der Waals surface area (Å²) in [5.41, 5.74) is -0.524. The summed E-state index contributed by atoms with van der Waals surface area (Å²) in [6.07, 6.45) is 4.00. The number of hydrogen-bond acceptors (Lipinski definition) is 3. The standard InChI is InChI=1S/C10H19NO2/c1-9(12)7-11(2)8-10(13)5-3-4-6-10/h13H,3-8H2,1-2H3. The monoisotopic (exact) mass is 185 g/mol. The molecule has 0 heterocycles. The molecule has 0 atom stereocenters. The van der Waals surface area contributed by atoms with Gasteiger partial charge >= 0.3 is 0 Å². The molecule has 0 radical (unpaired) electrons. The molecule has 0 aliphatic heterocycles. The Morgan fingerprint density at radius 3 is 2.46 bits per heavy atom. The zero-order valence-electron chi connectivity index (χ0n) is 8.55. The molecule has 76 valence electrons. The highest BCUT2D eigenvalue weighted by molar-refractivity contribution is 5.77. The summed E-state index contributed by atoms with van der Waals surface area (Å²) in [7, 11) is 1.89. The number of carbonyl (C=O) groups excluding carboxylic acids is 1.